The third-order valence-electron chi connectivity index (χ3n) is 3.78. The van der Waals surface area contributed by atoms with Crippen molar-refractivity contribution in [3.8, 4) is 0 Å². The summed E-state index contributed by atoms with van der Waals surface area (Å²) in [6.07, 6.45) is 3.00. The molecule has 6 heteroatoms. The molecular weight excluding hydrogens is 336 g/mol. The summed E-state index contributed by atoms with van der Waals surface area (Å²) in [7, 11) is 1.71. The zero-order valence-corrected chi connectivity index (χ0v) is 14.7. The number of carbonyl (C=O) groups excluding carboxylic acids is 1. The predicted octanol–water partition coefficient (Wildman–Crippen LogP) is 4.46. The molecule has 0 atom stereocenters. The fourth-order valence-corrected chi connectivity index (χ4v) is 2.48. The molecule has 0 fully saturated rings. The van der Waals surface area contributed by atoms with Crippen LogP contribution in [0.2, 0.25) is 5.02 Å². The van der Waals surface area contributed by atoms with Crippen molar-refractivity contribution < 1.29 is 4.79 Å². The molecule has 0 aliphatic heterocycles. The molecule has 25 heavy (non-hydrogen) atoms. The van der Waals surface area contributed by atoms with E-state index in [-0.39, 0.29) is 11.6 Å². The first-order valence-corrected chi connectivity index (χ1v) is 8.11. The number of para-hydroxylation sites is 1. The van der Waals surface area contributed by atoms with Gasteiger partial charge in [-0.15, -0.1) is 0 Å². The minimum Gasteiger partial charge on any atom is -0.339 e. The van der Waals surface area contributed by atoms with Gasteiger partial charge in [-0.1, -0.05) is 35.9 Å². The van der Waals surface area contributed by atoms with Crippen molar-refractivity contribution in [3.05, 3.63) is 77.2 Å². The lowest BCUT2D eigenvalue weighted by Crippen LogP contribution is -2.27. The molecule has 0 bridgehead atoms. The first kappa shape index (κ1) is 16.9. The van der Waals surface area contributed by atoms with Crippen LogP contribution in [-0.4, -0.2) is 22.9 Å². The van der Waals surface area contributed by atoms with Gasteiger partial charge in [0.2, 0.25) is 0 Å². The highest BCUT2D eigenvalue weighted by atomic mass is 35.5. The fourth-order valence-electron chi connectivity index (χ4n) is 2.31. The van der Waals surface area contributed by atoms with E-state index >= 15 is 0 Å². The molecule has 1 aromatic heterocycles. The number of aromatic nitrogens is 2. The van der Waals surface area contributed by atoms with Gasteiger partial charge < -0.3 is 10.2 Å². The van der Waals surface area contributed by atoms with E-state index in [1.54, 1.807) is 7.05 Å². The summed E-state index contributed by atoms with van der Waals surface area (Å²) in [5.74, 6) is 0.327. The average molecular weight is 353 g/mol. The molecule has 5 nitrogen and oxygen atoms in total. The lowest BCUT2D eigenvalue weighted by molar-refractivity contribution is 0.0988. The van der Waals surface area contributed by atoms with E-state index in [0.29, 0.717) is 10.8 Å². The lowest BCUT2D eigenvalue weighted by atomic mass is 10.2. The molecule has 0 aliphatic rings. The summed E-state index contributed by atoms with van der Waals surface area (Å²) in [5, 5.41) is 3.79. The summed E-state index contributed by atoms with van der Waals surface area (Å²) in [6.45, 7) is 1.97. The number of anilines is 3. The number of halogens is 1. The second kappa shape index (κ2) is 7.32. The van der Waals surface area contributed by atoms with Crippen LogP contribution in [-0.2, 0) is 0 Å². The lowest BCUT2D eigenvalue weighted by Gasteiger charge is -2.16. The van der Waals surface area contributed by atoms with Crippen molar-refractivity contribution >= 4 is 34.7 Å². The molecule has 1 heterocycles. The number of rotatable bonds is 4. The van der Waals surface area contributed by atoms with Crippen molar-refractivity contribution in [1.82, 2.24) is 9.97 Å². The van der Waals surface area contributed by atoms with E-state index in [2.05, 4.69) is 15.3 Å². The Bertz CT molecular complexity index is 882. The predicted molar refractivity (Wildman–Crippen MR) is 101 cm³/mol. The van der Waals surface area contributed by atoms with E-state index < -0.39 is 0 Å². The van der Waals surface area contributed by atoms with Crippen molar-refractivity contribution in [3.63, 3.8) is 0 Å². The van der Waals surface area contributed by atoms with Crippen molar-refractivity contribution in [1.29, 1.82) is 0 Å². The third-order valence-corrected chi connectivity index (χ3v) is 4.02. The number of benzene rings is 2. The molecule has 126 valence electrons. The number of hydrogen-bond acceptors (Lipinski definition) is 4. The minimum absolute atomic E-state index is 0.218. The van der Waals surface area contributed by atoms with E-state index in [4.69, 9.17) is 11.6 Å². The maximum atomic E-state index is 12.5. The Morgan fingerprint density at radius 2 is 1.84 bits per heavy atom. The summed E-state index contributed by atoms with van der Waals surface area (Å²) in [4.78, 5) is 22.5. The molecule has 0 spiro atoms. The molecule has 0 saturated carbocycles. The zero-order chi connectivity index (χ0) is 17.8. The van der Waals surface area contributed by atoms with Crippen LogP contribution in [0, 0.1) is 6.92 Å². The van der Waals surface area contributed by atoms with Crippen LogP contribution < -0.4 is 10.2 Å². The topological polar surface area (TPSA) is 58.1 Å². The number of hydrogen-bond donors (Lipinski definition) is 1. The normalized spacial score (nSPS) is 10.4. The molecule has 0 unspecified atom stereocenters. The Labute approximate surface area is 151 Å². The van der Waals surface area contributed by atoms with Crippen molar-refractivity contribution in [2.24, 2.45) is 0 Å². The molecular formula is C19H17ClN4O. The second-order valence-electron chi connectivity index (χ2n) is 5.57. The van der Waals surface area contributed by atoms with E-state index in [9.17, 15) is 4.79 Å². The summed E-state index contributed by atoms with van der Waals surface area (Å²) in [5.41, 5.74) is 2.96. The van der Waals surface area contributed by atoms with Gasteiger partial charge in [0.15, 0.2) is 0 Å². The largest absolute Gasteiger partial charge is 0.339 e. The minimum atomic E-state index is -0.218. The Morgan fingerprint density at radius 3 is 2.52 bits per heavy atom. The van der Waals surface area contributed by atoms with Gasteiger partial charge in [-0.05, 0) is 36.8 Å². The van der Waals surface area contributed by atoms with Gasteiger partial charge in [0.1, 0.15) is 11.5 Å². The summed E-state index contributed by atoms with van der Waals surface area (Å²) in [6, 6.07) is 15.0. The smallest absolute Gasteiger partial charge is 0.278 e. The fraction of sp³-hybridized carbons (Fsp3) is 0.105. The van der Waals surface area contributed by atoms with Gasteiger partial charge >= 0.3 is 0 Å². The van der Waals surface area contributed by atoms with Gasteiger partial charge in [0.05, 0.1) is 12.4 Å². The summed E-state index contributed by atoms with van der Waals surface area (Å²) < 4.78 is 0. The van der Waals surface area contributed by atoms with Crippen LogP contribution in [0.5, 0.6) is 0 Å². The van der Waals surface area contributed by atoms with Gasteiger partial charge in [-0.2, -0.15) is 0 Å². The number of carbonyl (C=O) groups is 1. The SMILES string of the molecule is Cc1ccc(Cl)cc1Nc1cnc(C(=O)N(C)c2ccccc2)cn1. The van der Waals surface area contributed by atoms with Crippen LogP contribution in [0.25, 0.3) is 0 Å². The first-order chi connectivity index (χ1) is 12.0. The van der Waals surface area contributed by atoms with Gasteiger partial charge in [-0.25, -0.2) is 9.97 Å². The third kappa shape index (κ3) is 3.95. The quantitative estimate of drug-likeness (QED) is 0.753. The Hall–Kier alpha value is -2.92. The molecule has 3 aromatic rings. The number of amides is 1. The van der Waals surface area contributed by atoms with Crippen LogP contribution in [0.15, 0.2) is 60.9 Å². The molecule has 1 amide bonds. The highest BCUT2D eigenvalue weighted by Crippen LogP contribution is 2.23. The zero-order valence-electron chi connectivity index (χ0n) is 13.9. The van der Waals surface area contributed by atoms with Crippen LogP contribution in [0.3, 0.4) is 0 Å². The number of aryl methyl sites for hydroxylation is 1. The molecule has 3 rings (SSSR count). The number of nitrogens with zero attached hydrogens (tertiary/aromatic N) is 3. The molecule has 2 aromatic carbocycles. The average Bonchev–Trinajstić information content (AvgIpc) is 2.65. The van der Waals surface area contributed by atoms with Crippen LogP contribution >= 0.6 is 11.6 Å². The van der Waals surface area contributed by atoms with E-state index in [1.165, 1.54) is 17.3 Å². The Kier molecular flexibility index (Phi) is 4.95. The maximum absolute atomic E-state index is 12.5. The second-order valence-corrected chi connectivity index (χ2v) is 6.01. The Morgan fingerprint density at radius 1 is 1.08 bits per heavy atom. The highest BCUT2D eigenvalue weighted by molar-refractivity contribution is 6.30. The molecule has 0 aliphatic carbocycles. The Balaban J connectivity index is 1.76. The monoisotopic (exact) mass is 352 g/mol. The molecule has 1 N–H and O–H groups in total. The highest BCUT2D eigenvalue weighted by Gasteiger charge is 2.15. The van der Waals surface area contributed by atoms with Crippen LogP contribution in [0.4, 0.5) is 17.2 Å². The molecule has 0 saturated heterocycles. The van der Waals surface area contributed by atoms with E-state index in [0.717, 1.165) is 16.9 Å². The van der Waals surface area contributed by atoms with Crippen LogP contribution in [0.1, 0.15) is 16.1 Å². The standard InChI is InChI=1S/C19H17ClN4O/c1-13-8-9-14(20)10-16(13)23-18-12-21-17(11-22-18)19(25)24(2)15-6-4-3-5-7-15/h3-12H,1-2H3,(H,22,23). The summed E-state index contributed by atoms with van der Waals surface area (Å²) >= 11 is 6.02. The molecule has 0 radical (unpaired) electrons. The number of nitrogens with one attached hydrogen (secondary N) is 1. The van der Waals surface area contributed by atoms with Gasteiger partial charge in [-0.3, -0.25) is 4.79 Å². The maximum Gasteiger partial charge on any atom is 0.278 e. The van der Waals surface area contributed by atoms with Crippen molar-refractivity contribution in [2.75, 3.05) is 17.3 Å². The van der Waals surface area contributed by atoms with Crippen molar-refractivity contribution in [2.45, 2.75) is 6.92 Å². The first-order valence-electron chi connectivity index (χ1n) is 7.73. The van der Waals surface area contributed by atoms with Gasteiger partial charge in [0, 0.05) is 23.4 Å². The van der Waals surface area contributed by atoms with Gasteiger partial charge in [0.25, 0.3) is 5.91 Å². The van der Waals surface area contributed by atoms with E-state index in [1.807, 2.05) is 55.5 Å².